The maximum absolute atomic E-state index is 6.17. The highest BCUT2D eigenvalue weighted by Crippen LogP contribution is 2.39. The maximum atomic E-state index is 6.17. The number of hydrogen-bond acceptors (Lipinski definition) is 4. The van der Waals surface area contributed by atoms with Crippen molar-refractivity contribution < 1.29 is 9.47 Å². The Balaban J connectivity index is 1.54. The van der Waals surface area contributed by atoms with Crippen LogP contribution < -0.4 is 14.8 Å². The molecule has 1 atom stereocenters. The molecule has 3 rings (SSSR count). The highest BCUT2D eigenvalue weighted by molar-refractivity contribution is 7.99. The zero-order valence-corrected chi connectivity index (χ0v) is 12.4. The third-order valence-corrected chi connectivity index (χ3v) is 5.14. The second kappa shape index (κ2) is 6.25. The maximum Gasteiger partial charge on any atom is 0.231 e. The molecule has 5 heteroatoms. The van der Waals surface area contributed by atoms with Crippen molar-refractivity contribution in [1.29, 1.82) is 0 Å². The van der Waals surface area contributed by atoms with Crippen molar-refractivity contribution in [2.75, 3.05) is 19.1 Å². The van der Waals surface area contributed by atoms with E-state index in [2.05, 4.69) is 17.1 Å². The molecule has 1 saturated heterocycles. The molecular formula is C14H18ClNO2S. The van der Waals surface area contributed by atoms with E-state index in [0.717, 1.165) is 29.7 Å². The number of rotatable bonds is 4. The van der Waals surface area contributed by atoms with Crippen LogP contribution in [-0.2, 0) is 6.54 Å². The van der Waals surface area contributed by atoms with Gasteiger partial charge in [0, 0.05) is 18.3 Å². The van der Waals surface area contributed by atoms with E-state index >= 15 is 0 Å². The summed E-state index contributed by atoms with van der Waals surface area (Å²) in [5.41, 5.74) is 1.15. The number of benzene rings is 1. The molecule has 1 aromatic rings. The molecule has 0 radical (unpaired) electrons. The molecule has 0 bridgehead atoms. The van der Waals surface area contributed by atoms with Gasteiger partial charge in [0.25, 0.3) is 0 Å². The van der Waals surface area contributed by atoms with Crippen molar-refractivity contribution >= 4 is 23.4 Å². The third kappa shape index (κ3) is 3.30. The highest BCUT2D eigenvalue weighted by Gasteiger charge is 2.18. The van der Waals surface area contributed by atoms with Crippen molar-refractivity contribution in [3.05, 3.63) is 22.7 Å². The quantitative estimate of drug-likeness (QED) is 0.922. The van der Waals surface area contributed by atoms with Gasteiger partial charge in [0.15, 0.2) is 11.5 Å². The molecule has 1 fully saturated rings. The smallest absolute Gasteiger partial charge is 0.231 e. The van der Waals surface area contributed by atoms with Crippen LogP contribution in [0.3, 0.4) is 0 Å². The molecule has 1 aromatic carbocycles. The zero-order chi connectivity index (χ0) is 13.1. The summed E-state index contributed by atoms with van der Waals surface area (Å²) in [6.07, 6.45) is 4.08. The minimum absolute atomic E-state index is 0.269. The van der Waals surface area contributed by atoms with Crippen molar-refractivity contribution in [1.82, 2.24) is 5.32 Å². The molecule has 3 nitrogen and oxygen atoms in total. The van der Waals surface area contributed by atoms with Crippen LogP contribution in [-0.4, -0.2) is 24.3 Å². The number of fused-ring (bicyclic) bond motifs is 1. The minimum atomic E-state index is 0.269. The van der Waals surface area contributed by atoms with Gasteiger partial charge >= 0.3 is 0 Å². The summed E-state index contributed by atoms with van der Waals surface area (Å²) in [5.74, 6) is 2.74. The molecule has 19 heavy (non-hydrogen) atoms. The molecule has 0 amide bonds. The van der Waals surface area contributed by atoms with Crippen LogP contribution >= 0.6 is 23.4 Å². The first-order chi connectivity index (χ1) is 9.33. The summed E-state index contributed by atoms with van der Waals surface area (Å²) < 4.78 is 10.7. The molecule has 0 saturated carbocycles. The number of nitrogens with one attached hydrogen (secondary N) is 1. The first kappa shape index (κ1) is 13.4. The number of ether oxygens (including phenoxy) is 2. The lowest BCUT2D eigenvalue weighted by molar-refractivity contribution is 0.174. The fraction of sp³-hybridized carbons (Fsp3) is 0.571. The van der Waals surface area contributed by atoms with E-state index in [0.29, 0.717) is 10.8 Å². The van der Waals surface area contributed by atoms with Crippen LogP contribution in [0.4, 0.5) is 0 Å². The third-order valence-electron chi connectivity index (χ3n) is 3.46. The Morgan fingerprint density at radius 2 is 2.26 bits per heavy atom. The lowest BCUT2D eigenvalue weighted by Crippen LogP contribution is -2.26. The highest BCUT2D eigenvalue weighted by atomic mass is 35.5. The van der Waals surface area contributed by atoms with E-state index < -0.39 is 0 Å². The fourth-order valence-corrected chi connectivity index (χ4v) is 4.03. The topological polar surface area (TPSA) is 30.5 Å². The molecule has 0 spiro atoms. The summed E-state index contributed by atoms with van der Waals surface area (Å²) in [7, 11) is 0. The summed E-state index contributed by atoms with van der Waals surface area (Å²) in [6.45, 7) is 2.16. The summed E-state index contributed by atoms with van der Waals surface area (Å²) >= 11 is 8.25. The molecule has 1 N–H and O–H groups in total. The zero-order valence-electron chi connectivity index (χ0n) is 10.8. The predicted octanol–water partition coefficient (Wildman–Crippen LogP) is 3.44. The number of hydrogen-bond donors (Lipinski definition) is 1. The largest absolute Gasteiger partial charge is 0.454 e. The van der Waals surface area contributed by atoms with Crippen molar-refractivity contribution in [2.45, 2.75) is 31.1 Å². The Labute approximate surface area is 123 Å². The number of halogens is 1. The van der Waals surface area contributed by atoms with Crippen LogP contribution in [0.25, 0.3) is 0 Å². The van der Waals surface area contributed by atoms with Gasteiger partial charge in [-0.2, -0.15) is 11.8 Å². The summed E-state index contributed by atoms with van der Waals surface area (Å²) in [5, 5.41) is 4.91. The summed E-state index contributed by atoms with van der Waals surface area (Å²) in [6, 6.07) is 3.96. The molecule has 2 aliphatic heterocycles. The minimum Gasteiger partial charge on any atom is -0.454 e. The predicted molar refractivity (Wildman–Crippen MR) is 79.4 cm³/mol. The monoisotopic (exact) mass is 299 g/mol. The van der Waals surface area contributed by atoms with E-state index in [4.69, 9.17) is 21.1 Å². The summed E-state index contributed by atoms with van der Waals surface area (Å²) in [4.78, 5) is 0. The molecule has 0 aliphatic carbocycles. The average molecular weight is 300 g/mol. The van der Waals surface area contributed by atoms with Gasteiger partial charge in [-0.3, -0.25) is 0 Å². The first-order valence-corrected chi connectivity index (χ1v) is 8.16. The Bertz CT molecular complexity index is 449. The van der Waals surface area contributed by atoms with Crippen molar-refractivity contribution in [2.24, 2.45) is 0 Å². The SMILES string of the molecule is Clc1cc(CNCC2CCCCS2)cc2c1OCO2. The lowest BCUT2D eigenvalue weighted by atomic mass is 10.1. The van der Waals surface area contributed by atoms with Gasteiger partial charge in [-0.1, -0.05) is 18.0 Å². The molecule has 2 aliphatic rings. The van der Waals surface area contributed by atoms with Gasteiger partial charge in [-0.15, -0.1) is 0 Å². The Kier molecular flexibility index (Phi) is 4.41. The van der Waals surface area contributed by atoms with Crippen LogP contribution in [0.2, 0.25) is 5.02 Å². The van der Waals surface area contributed by atoms with Crippen LogP contribution in [0.5, 0.6) is 11.5 Å². The van der Waals surface area contributed by atoms with E-state index in [1.165, 1.54) is 25.0 Å². The first-order valence-electron chi connectivity index (χ1n) is 6.73. The van der Waals surface area contributed by atoms with E-state index in [-0.39, 0.29) is 6.79 Å². The Morgan fingerprint density at radius 3 is 3.11 bits per heavy atom. The van der Waals surface area contributed by atoms with Crippen molar-refractivity contribution in [3.63, 3.8) is 0 Å². The van der Waals surface area contributed by atoms with Gasteiger partial charge in [0.1, 0.15) is 0 Å². The molecule has 2 heterocycles. The number of thioether (sulfide) groups is 1. The molecule has 1 unspecified atom stereocenters. The second-order valence-electron chi connectivity index (χ2n) is 4.93. The lowest BCUT2D eigenvalue weighted by Gasteiger charge is -2.21. The van der Waals surface area contributed by atoms with Crippen molar-refractivity contribution in [3.8, 4) is 11.5 Å². The van der Waals surface area contributed by atoms with E-state index in [1.807, 2.05) is 12.1 Å². The Morgan fingerprint density at radius 1 is 1.32 bits per heavy atom. The van der Waals surface area contributed by atoms with Crippen LogP contribution in [0.1, 0.15) is 24.8 Å². The van der Waals surface area contributed by atoms with Gasteiger partial charge in [-0.25, -0.2) is 0 Å². The fourth-order valence-electron chi connectivity index (χ4n) is 2.47. The van der Waals surface area contributed by atoms with Gasteiger partial charge < -0.3 is 14.8 Å². The van der Waals surface area contributed by atoms with E-state index in [1.54, 1.807) is 0 Å². The van der Waals surface area contributed by atoms with E-state index in [9.17, 15) is 0 Å². The average Bonchev–Trinajstić information content (AvgIpc) is 2.89. The second-order valence-corrected chi connectivity index (χ2v) is 6.75. The molecular weight excluding hydrogens is 282 g/mol. The van der Waals surface area contributed by atoms with Crippen LogP contribution in [0.15, 0.2) is 12.1 Å². The van der Waals surface area contributed by atoms with Gasteiger partial charge in [0.05, 0.1) is 5.02 Å². The van der Waals surface area contributed by atoms with Gasteiger partial charge in [-0.05, 0) is 36.3 Å². The standard InChI is InChI=1S/C14H18ClNO2S/c15-12-5-10(6-13-14(12)18-9-17-13)7-16-8-11-3-1-2-4-19-11/h5-6,11,16H,1-4,7-9H2. The van der Waals surface area contributed by atoms with Crippen LogP contribution in [0, 0.1) is 0 Å². The van der Waals surface area contributed by atoms with Gasteiger partial charge in [0.2, 0.25) is 6.79 Å². The Hall–Kier alpha value is -0.580. The molecule has 0 aromatic heterocycles. The normalized spacial score (nSPS) is 21.6. The molecule has 104 valence electrons.